The van der Waals surface area contributed by atoms with Crippen molar-refractivity contribution in [1.29, 1.82) is 0 Å². The van der Waals surface area contributed by atoms with Gasteiger partial charge in [-0.2, -0.15) is 39.9 Å². The summed E-state index contributed by atoms with van der Waals surface area (Å²) in [7, 11) is 0. The van der Waals surface area contributed by atoms with E-state index in [2.05, 4.69) is 151 Å². The molecule has 0 aromatic carbocycles. The fourth-order valence-corrected chi connectivity index (χ4v) is 12.4. The van der Waals surface area contributed by atoms with Crippen LogP contribution in [0.3, 0.4) is 0 Å². The Hall–Kier alpha value is -13.9. The van der Waals surface area contributed by atoms with Gasteiger partial charge in [0.15, 0.2) is 23.3 Å². The summed E-state index contributed by atoms with van der Waals surface area (Å²) >= 11 is 0. The normalized spacial score (nSPS) is 13.3. The van der Waals surface area contributed by atoms with Crippen LogP contribution in [0.5, 0.6) is 0 Å². The molecule has 606 valence electrons. The van der Waals surface area contributed by atoms with E-state index in [9.17, 15) is 19.2 Å². The molecule has 0 radical (unpaired) electrons. The Bertz CT molecular complexity index is 5250. The van der Waals surface area contributed by atoms with Crippen LogP contribution in [0.4, 0.5) is 47.1 Å². The van der Waals surface area contributed by atoms with Crippen LogP contribution in [0.15, 0.2) is 146 Å². The van der Waals surface area contributed by atoms with Gasteiger partial charge in [-0.1, -0.05) is 24.3 Å². The van der Waals surface area contributed by atoms with Gasteiger partial charge in [0, 0.05) is 110 Å². The monoisotopic (exact) mass is 1590 g/mol. The lowest BCUT2D eigenvalue weighted by molar-refractivity contribution is 0.101. The Labute approximate surface area is 680 Å². The number of nitrogens with one attached hydrogen (secondary N) is 6. The minimum Gasteiger partial charge on any atom is -0.396 e. The molecule has 4 amide bonds. The van der Waals surface area contributed by atoms with Gasteiger partial charge >= 0.3 is 0 Å². The van der Waals surface area contributed by atoms with Crippen molar-refractivity contribution in [3.05, 3.63) is 214 Å². The lowest BCUT2D eigenvalue weighted by atomic mass is 10.2. The molecule has 3 fully saturated rings. The lowest BCUT2D eigenvalue weighted by Crippen LogP contribution is -2.47. The van der Waals surface area contributed by atoms with Gasteiger partial charge in [-0.05, 0) is 159 Å². The molecule has 0 saturated carbocycles. The molecule has 0 atom stereocenters. The van der Waals surface area contributed by atoms with Crippen molar-refractivity contribution in [3.63, 3.8) is 0 Å². The van der Waals surface area contributed by atoms with Crippen molar-refractivity contribution in [2.45, 2.75) is 61.8 Å². The molecule has 3 aliphatic rings. The van der Waals surface area contributed by atoms with Crippen molar-refractivity contribution >= 4 is 70.7 Å². The standard InChI is InChI=1S/C22H26N8O2.C20H22N8O.C20H21N7O2.C19H21N7O2/c1-15-17(6-7-19(24-15)30-11-9-29(10-12-30)13-14-31)21(32)28-22-26-16(2)25-20(27-22)18-5-3-4-8-23-18;1-13-15(6-7-17(23-13)28-11-9-21-10-12-28)19(29)27-20-25-14(2)24-18(26-20)16-5-3-4-8-22-16;1-13-15(6-7-17(22-13)27-9-11-29-12-10-27)19(28)26-20-24-14(2)23-18(25-20)16-5-3-4-8-21-16;1-12-14(7-8-16(22-12)21-10-5-11-27)18(28)26-19-24-13(2)23-17(25-19)15-6-3-4-9-20-15/h3-8,31H,9-14H2,1-2H3,(H,25,26,27,28,32);3-8,21H,9-12H2,1-2H3,(H,24,25,26,27,29);3-8H,9-12H2,1-2H3,(H,23,24,25,26,28);3-4,6-9,27H,5,10-11H2,1-2H3,(H,21,22)(H,23,24,25,26,28). The topological polar surface area (TPSA) is 461 Å². The lowest BCUT2D eigenvalue weighted by Gasteiger charge is -2.35. The maximum absolute atomic E-state index is 12.9. The number of aliphatic hydroxyl groups is 2. The Morgan fingerprint density at radius 1 is 0.364 bits per heavy atom. The second-order valence-electron chi connectivity index (χ2n) is 26.9. The molecule has 3 aliphatic heterocycles. The van der Waals surface area contributed by atoms with Crippen molar-refractivity contribution in [1.82, 2.24) is 110 Å². The van der Waals surface area contributed by atoms with Crippen LogP contribution >= 0.6 is 0 Å². The van der Waals surface area contributed by atoms with E-state index in [1.165, 1.54) is 0 Å². The third kappa shape index (κ3) is 23.2. The van der Waals surface area contributed by atoms with Crippen LogP contribution in [0, 0.1) is 55.4 Å². The molecule has 8 N–H and O–H groups in total. The van der Waals surface area contributed by atoms with E-state index in [-0.39, 0.29) is 60.6 Å². The molecule has 118 heavy (non-hydrogen) atoms. The predicted octanol–water partition coefficient (Wildman–Crippen LogP) is 6.95. The predicted molar refractivity (Wildman–Crippen MR) is 443 cm³/mol. The number of aryl methyl sites for hydroxylation is 8. The van der Waals surface area contributed by atoms with Crippen LogP contribution in [-0.4, -0.2) is 243 Å². The number of pyridine rings is 8. The number of nitrogens with zero attached hydrogens (tertiary/aromatic N) is 24. The molecule has 0 aliphatic carbocycles. The highest BCUT2D eigenvalue weighted by Gasteiger charge is 2.24. The summed E-state index contributed by atoms with van der Waals surface area (Å²) in [5.74, 6) is 6.18. The zero-order valence-electron chi connectivity index (χ0n) is 66.5. The van der Waals surface area contributed by atoms with Gasteiger partial charge in [-0.15, -0.1) is 0 Å². The summed E-state index contributed by atoms with van der Waals surface area (Å²) in [6.07, 6.45) is 7.27. The number of hydrogen-bond donors (Lipinski definition) is 8. The van der Waals surface area contributed by atoms with E-state index in [0.717, 1.165) is 82.9 Å². The zero-order valence-corrected chi connectivity index (χ0v) is 66.5. The molecule has 15 rings (SSSR count). The minimum absolute atomic E-state index is 0.109. The highest BCUT2D eigenvalue weighted by atomic mass is 16.5. The van der Waals surface area contributed by atoms with Crippen LogP contribution in [0.25, 0.3) is 46.1 Å². The fourth-order valence-electron chi connectivity index (χ4n) is 12.4. The quantitative estimate of drug-likeness (QED) is 0.0337. The SMILES string of the molecule is Cc1nc(NC(=O)c2ccc(N3CCN(CCO)CC3)nc2C)nc(-c2ccccn2)n1.Cc1nc(NC(=O)c2ccc(N3CCNCC3)nc2C)nc(-c2ccccn2)n1.Cc1nc(NC(=O)c2ccc(N3CCOCC3)nc2C)nc(-c2ccccn2)n1.Cc1nc(NC(=O)c2ccc(NCCCO)nc2C)nc(-c2ccccn2)n1. The molecular formula is C81H90N30O7. The number of anilines is 8. The number of β-amino-alcohol motifs (C(OH)–C–C–N with tert-alkyl or cyclic N) is 1. The third-order valence-corrected chi connectivity index (χ3v) is 18.3. The maximum Gasteiger partial charge on any atom is 0.259 e. The number of aromatic nitrogens is 20. The first kappa shape index (κ1) is 83.5. The van der Waals surface area contributed by atoms with E-state index in [1.807, 2.05) is 87.5 Å². The van der Waals surface area contributed by atoms with Crippen LogP contribution < -0.4 is 46.6 Å². The summed E-state index contributed by atoms with van der Waals surface area (Å²) in [6.45, 7) is 25.8. The van der Waals surface area contributed by atoms with E-state index >= 15 is 0 Å². The van der Waals surface area contributed by atoms with Crippen LogP contribution in [0.2, 0.25) is 0 Å². The van der Waals surface area contributed by atoms with E-state index in [4.69, 9.17) is 14.9 Å². The second-order valence-corrected chi connectivity index (χ2v) is 26.9. The second kappa shape index (κ2) is 40.9. The Kier molecular flexibility index (Phi) is 29.0. The third-order valence-electron chi connectivity index (χ3n) is 18.3. The Balaban J connectivity index is 0.000000145. The molecule has 0 bridgehead atoms. The minimum atomic E-state index is -0.357. The summed E-state index contributed by atoms with van der Waals surface area (Å²) < 4.78 is 5.37. The fraction of sp³-hybridized carbons (Fsp3) is 0.309. The van der Waals surface area contributed by atoms with E-state index in [1.54, 1.807) is 114 Å². The largest absolute Gasteiger partial charge is 0.396 e. The molecule has 37 heteroatoms. The molecule has 12 aromatic rings. The Morgan fingerprint density at radius 2 is 0.695 bits per heavy atom. The molecule has 12 aromatic heterocycles. The maximum atomic E-state index is 12.9. The summed E-state index contributed by atoms with van der Waals surface area (Å²) in [5.41, 5.74) is 6.78. The number of rotatable bonds is 21. The van der Waals surface area contributed by atoms with Crippen molar-refractivity contribution < 1.29 is 34.1 Å². The molecule has 37 nitrogen and oxygen atoms in total. The number of ether oxygens (including phenoxy) is 1. The smallest absolute Gasteiger partial charge is 0.259 e. The van der Waals surface area contributed by atoms with E-state index in [0.29, 0.717) is 153 Å². The number of morpholine rings is 1. The number of carbonyl (C=O) groups is 4. The van der Waals surface area contributed by atoms with Crippen molar-refractivity contribution in [2.24, 2.45) is 0 Å². The zero-order chi connectivity index (χ0) is 82.9. The summed E-state index contributed by atoms with van der Waals surface area (Å²) in [6, 6.07) is 36.2. The number of piperazine rings is 2. The first-order valence-electron chi connectivity index (χ1n) is 38.2. The molecule has 0 spiro atoms. The highest BCUT2D eigenvalue weighted by molar-refractivity contribution is 6.06. The molecule has 15 heterocycles. The van der Waals surface area contributed by atoms with Gasteiger partial charge < -0.3 is 40.3 Å². The summed E-state index contributed by atoms with van der Waals surface area (Å²) in [4.78, 5) is 146. The molecule has 0 unspecified atom stereocenters. The van der Waals surface area contributed by atoms with Crippen molar-refractivity contribution in [3.8, 4) is 46.1 Å². The van der Waals surface area contributed by atoms with Gasteiger partial charge in [0.1, 0.15) is 69.3 Å². The highest BCUT2D eigenvalue weighted by Crippen LogP contribution is 2.25. The van der Waals surface area contributed by atoms with Gasteiger partial charge in [0.25, 0.3) is 23.6 Å². The average molecular weight is 1600 g/mol. The first-order valence-corrected chi connectivity index (χ1v) is 38.2. The van der Waals surface area contributed by atoms with Gasteiger partial charge in [-0.3, -0.25) is 65.3 Å². The van der Waals surface area contributed by atoms with Crippen molar-refractivity contribution in [2.75, 3.05) is 146 Å². The average Bonchev–Trinajstić information content (AvgIpc) is 0.817. The summed E-state index contributed by atoms with van der Waals surface area (Å²) in [5, 5.41) is 35.3. The van der Waals surface area contributed by atoms with Crippen LogP contribution in [-0.2, 0) is 4.74 Å². The van der Waals surface area contributed by atoms with E-state index < -0.39 is 0 Å². The first-order chi connectivity index (χ1) is 57.3. The molecule has 3 saturated heterocycles. The molecular weight excluding hydrogens is 1510 g/mol. The van der Waals surface area contributed by atoms with Gasteiger partial charge in [0.2, 0.25) is 23.8 Å². The number of aliphatic hydroxyl groups excluding tert-OH is 2. The van der Waals surface area contributed by atoms with Gasteiger partial charge in [0.05, 0.1) is 64.9 Å². The number of carbonyl (C=O) groups excluding carboxylic acids is 4. The Morgan fingerprint density at radius 3 is 1.01 bits per heavy atom. The van der Waals surface area contributed by atoms with Gasteiger partial charge in [-0.25, -0.2) is 39.9 Å². The number of hydrogen-bond acceptors (Lipinski definition) is 33. The van der Waals surface area contributed by atoms with Crippen LogP contribution in [0.1, 0.15) is 93.9 Å². The number of amides is 4.